The minimum atomic E-state index is -0.0373. The molecule has 0 spiro atoms. The molecule has 2 aromatic rings. The van der Waals surface area contributed by atoms with Gasteiger partial charge in [0.15, 0.2) is 5.82 Å². The fourth-order valence-electron chi connectivity index (χ4n) is 4.10. The highest BCUT2D eigenvalue weighted by atomic mass is 16.5. The summed E-state index contributed by atoms with van der Waals surface area (Å²) in [5.74, 6) is 2.32. The van der Waals surface area contributed by atoms with Crippen LogP contribution in [-0.2, 0) is 19.5 Å². The second-order valence-corrected chi connectivity index (χ2v) is 7.72. The zero-order chi connectivity index (χ0) is 20.9. The van der Waals surface area contributed by atoms with E-state index in [1.165, 1.54) is 0 Å². The third-order valence-corrected chi connectivity index (χ3v) is 5.59. The van der Waals surface area contributed by atoms with Crippen molar-refractivity contribution in [2.24, 2.45) is 4.99 Å². The highest BCUT2D eigenvalue weighted by Gasteiger charge is 2.23. The van der Waals surface area contributed by atoms with E-state index in [9.17, 15) is 4.79 Å². The Morgan fingerprint density at radius 3 is 2.77 bits per heavy atom. The van der Waals surface area contributed by atoms with Crippen molar-refractivity contribution < 1.29 is 9.47 Å². The molecule has 0 aliphatic carbocycles. The van der Waals surface area contributed by atoms with E-state index in [1.807, 2.05) is 26.0 Å². The average molecular weight is 411 g/mol. The molecule has 7 nitrogen and oxygen atoms in total. The minimum absolute atomic E-state index is 0.0373. The first-order chi connectivity index (χ1) is 14.7. The van der Waals surface area contributed by atoms with Crippen LogP contribution in [0.4, 0.5) is 0 Å². The van der Waals surface area contributed by atoms with E-state index in [4.69, 9.17) is 14.5 Å². The number of ether oxygens (including phenoxy) is 2. The van der Waals surface area contributed by atoms with Crippen LogP contribution >= 0.6 is 0 Å². The summed E-state index contributed by atoms with van der Waals surface area (Å²) < 4.78 is 11.4. The summed E-state index contributed by atoms with van der Waals surface area (Å²) in [6, 6.07) is 5.98. The Labute approximate surface area is 177 Å². The van der Waals surface area contributed by atoms with Crippen molar-refractivity contribution in [2.45, 2.75) is 52.6 Å². The Hall–Kier alpha value is -2.67. The van der Waals surface area contributed by atoms with Crippen LogP contribution in [0.1, 0.15) is 55.8 Å². The van der Waals surface area contributed by atoms with Gasteiger partial charge < -0.3 is 14.5 Å². The third kappa shape index (κ3) is 4.56. The van der Waals surface area contributed by atoms with Crippen molar-refractivity contribution in [3.05, 3.63) is 51.2 Å². The maximum Gasteiger partial charge on any atom is 0.255 e. The second-order valence-electron chi connectivity index (χ2n) is 7.72. The fourth-order valence-corrected chi connectivity index (χ4v) is 4.10. The van der Waals surface area contributed by atoms with Gasteiger partial charge in [0.1, 0.15) is 11.5 Å². The van der Waals surface area contributed by atoms with Crippen LogP contribution < -0.4 is 15.0 Å². The molecule has 2 aliphatic heterocycles. The molecule has 3 heterocycles. The Bertz CT molecular complexity index is 983. The van der Waals surface area contributed by atoms with Gasteiger partial charge in [0.25, 0.3) is 5.56 Å². The summed E-state index contributed by atoms with van der Waals surface area (Å²) in [7, 11) is 0. The molecule has 7 heteroatoms. The topological polar surface area (TPSA) is 79.8 Å². The van der Waals surface area contributed by atoms with E-state index in [1.54, 1.807) is 0 Å². The van der Waals surface area contributed by atoms with Crippen LogP contribution in [0.3, 0.4) is 0 Å². The predicted molar refractivity (Wildman–Crippen MR) is 117 cm³/mol. The lowest BCUT2D eigenvalue weighted by Crippen LogP contribution is -2.36. The van der Waals surface area contributed by atoms with Crippen LogP contribution in [0.5, 0.6) is 11.5 Å². The van der Waals surface area contributed by atoms with Gasteiger partial charge in [0.05, 0.1) is 30.2 Å². The van der Waals surface area contributed by atoms with E-state index in [2.05, 4.69) is 20.9 Å². The largest absolute Gasteiger partial charge is 0.494 e. The number of nitrogens with one attached hydrogen (secondary N) is 1. The number of fused-ring (bicyclic) bond motifs is 1. The molecular weight excluding hydrogens is 380 g/mol. The van der Waals surface area contributed by atoms with E-state index in [0.29, 0.717) is 25.6 Å². The zero-order valence-corrected chi connectivity index (χ0v) is 17.9. The predicted octanol–water partition coefficient (Wildman–Crippen LogP) is 3.10. The molecule has 0 atom stereocenters. The number of aromatic nitrogens is 2. The number of aliphatic imine (C=N–C) groups is 1. The summed E-state index contributed by atoms with van der Waals surface area (Å²) in [6.07, 6.45) is 3.88. The molecule has 0 saturated carbocycles. The SMILES string of the molecule is CCOc1ccc(CN2CCc3nc(C4=NCCCC4)[nH]c(=O)c3C2)c(OCC)c1. The Morgan fingerprint density at radius 1 is 1.13 bits per heavy atom. The van der Waals surface area contributed by atoms with Gasteiger partial charge in [-0.1, -0.05) is 6.07 Å². The van der Waals surface area contributed by atoms with Crippen molar-refractivity contribution in [1.82, 2.24) is 14.9 Å². The van der Waals surface area contributed by atoms with Crippen LogP contribution in [-0.4, -0.2) is 46.9 Å². The number of benzene rings is 1. The first kappa shape index (κ1) is 20.6. The van der Waals surface area contributed by atoms with Gasteiger partial charge in [-0.15, -0.1) is 0 Å². The van der Waals surface area contributed by atoms with E-state index < -0.39 is 0 Å². The van der Waals surface area contributed by atoms with Crippen LogP contribution in [0, 0.1) is 0 Å². The van der Waals surface area contributed by atoms with E-state index >= 15 is 0 Å². The van der Waals surface area contributed by atoms with Crippen molar-refractivity contribution >= 4 is 5.71 Å². The number of aromatic amines is 1. The average Bonchev–Trinajstić information content (AvgIpc) is 2.77. The van der Waals surface area contributed by atoms with E-state index in [0.717, 1.165) is 79.3 Å². The number of nitrogens with zero attached hydrogens (tertiary/aromatic N) is 3. The maximum absolute atomic E-state index is 12.8. The molecule has 2 aliphatic rings. The van der Waals surface area contributed by atoms with Crippen LogP contribution in [0.25, 0.3) is 0 Å². The van der Waals surface area contributed by atoms with Crippen molar-refractivity contribution in [3.63, 3.8) is 0 Å². The summed E-state index contributed by atoms with van der Waals surface area (Å²) in [6.45, 7) is 8.16. The third-order valence-electron chi connectivity index (χ3n) is 5.59. The van der Waals surface area contributed by atoms with Gasteiger partial charge in [-0.3, -0.25) is 14.7 Å². The molecular formula is C23H30N4O3. The summed E-state index contributed by atoms with van der Waals surface area (Å²) in [4.78, 5) is 27.4. The number of rotatable bonds is 7. The number of hydrogen-bond acceptors (Lipinski definition) is 6. The van der Waals surface area contributed by atoms with Gasteiger partial charge in [-0.2, -0.15) is 0 Å². The van der Waals surface area contributed by atoms with Gasteiger partial charge in [0, 0.05) is 44.2 Å². The van der Waals surface area contributed by atoms with Crippen molar-refractivity contribution in [2.75, 3.05) is 26.3 Å². The summed E-state index contributed by atoms with van der Waals surface area (Å²) in [5, 5.41) is 0. The standard InChI is InChI=1S/C23H30N4O3/c1-3-29-17-9-8-16(21(13-17)30-4-2)14-27-12-10-19-18(15-27)23(28)26-22(25-19)20-7-5-6-11-24-20/h8-9,13H,3-7,10-12,14-15H2,1-2H3,(H,25,26,28). The normalized spacial score (nSPS) is 16.7. The van der Waals surface area contributed by atoms with Crippen LogP contribution in [0.2, 0.25) is 0 Å². The highest BCUT2D eigenvalue weighted by molar-refractivity contribution is 5.97. The molecule has 0 saturated heterocycles. The Balaban J connectivity index is 1.52. The molecule has 1 N–H and O–H groups in total. The van der Waals surface area contributed by atoms with Crippen LogP contribution in [0.15, 0.2) is 28.0 Å². The van der Waals surface area contributed by atoms with E-state index in [-0.39, 0.29) is 5.56 Å². The van der Waals surface area contributed by atoms with Gasteiger partial charge in [0.2, 0.25) is 0 Å². The maximum atomic E-state index is 12.8. The van der Waals surface area contributed by atoms with Crippen molar-refractivity contribution in [3.8, 4) is 11.5 Å². The molecule has 4 rings (SSSR count). The molecule has 160 valence electrons. The molecule has 0 amide bonds. The number of hydrogen-bond donors (Lipinski definition) is 1. The molecule has 30 heavy (non-hydrogen) atoms. The molecule has 1 aromatic carbocycles. The monoisotopic (exact) mass is 410 g/mol. The molecule has 0 unspecified atom stereocenters. The fraction of sp³-hybridized carbons (Fsp3) is 0.522. The highest BCUT2D eigenvalue weighted by Crippen LogP contribution is 2.28. The van der Waals surface area contributed by atoms with Gasteiger partial charge >= 0.3 is 0 Å². The Morgan fingerprint density at radius 2 is 2.00 bits per heavy atom. The van der Waals surface area contributed by atoms with Crippen molar-refractivity contribution in [1.29, 1.82) is 0 Å². The van der Waals surface area contributed by atoms with Gasteiger partial charge in [-0.05, 0) is 39.2 Å². The molecule has 0 bridgehead atoms. The lowest BCUT2D eigenvalue weighted by molar-refractivity contribution is 0.235. The first-order valence-corrected chi connectivity index (χ1v) is 10.9. The first-order valence-electron chi connectivity index (χ1n) is 10.9. The quantitative estimate of drug-likeness (QED) is 0.759. The minimum Gasteiger partial charge on any atom is -0.494 e. The number of H-pyrrole nitrogens is 1. The molecule has 1 aromatic heterocycles. The zero-order valence-electron chi connectivity index (χ0n) is 17.9. The molecule has 0 fully saturated rings. The Kier molecular flexibility index (Phi) is 6.47. The molecule has 0 radical (unpaired) electrons. The smallest absolute Gasteiger partial charge is 0.255 e. The van der Waals surface area contributed by atoms with Gasteiger partial charge in [-0.25, -0.2) is 4.98 Å². The summed E-state index contributed by atoms with van der Waals surface area (Å²) in [5.41, 5.74) is 3.69. The summed E-state index contributed by atoms with van der Waals surface area (Å²) >= 11 is 0. The lowest BCUT2D eigenvalue weighted by Gasteiger charge is -2.28. The lowest BCUT2D eigenvalue weighted by atomic mass is 10.0. The second kappa shape index (κ2) is 9.43.